The fraction of sp³-hybridized carbons (Fsp3) is 0.500. The van der Waals surface area contributed by atoms with Crippen molar-refractivity contribution < 1.29 is 9.59 Å². The zero-order chi connectivity index (χ0) is 15.4. The van der Waals surface area contributed by atoms with Gasteiger partial charge in [-0.25, -0.2) is 5.10 Å². The zero-order valence-corrected chi connectivity index (χ0v) is 12.5. The summed E-state index contributed by atoms with van der Waals surface area (Å²) in [6, 6.07) is 2.60. The Bertz CT molecular complexity index is 562. The number of rotatable bonds is 3. The third kappa shape index (κ3) is 4.18. The first-order valence-electron chi connectivity index (χ1n) is 6.41. The summed E-state index contributed by atoms with van der Waals surface area (Å²) in [6.07, 6.45) is 1.22. The molecule has 1 aromatic heterocycles. The number of nitrogens with one attached hydrogen (secondary N) is 2. The first-order chi connectivity index (χ1) is 9.97. The highest BCUT2D eigenvalue weighted by Gasteiger charge is 2.26. The normalized spacial score (nSPS) is 16.0. The predicted molar refractivity (Wildman–Crippen MR) is 77.4 cm³/mol. The van der Waals surface area contributed by atoms with Crippen molar-refractivity contribution >= 4 is 35.0 Å². The van der Waals surface area contributed by atoms with Crippen molar-refractivity contribution in [2.45, 2.75) is 23.7 Å². The molecule has 1 aromatic rings. The van der Waals surface area contributed by atoms with E-state index in [0.29, 0.717) is 25.9 Å². The van der Waals surface area contributed by atoms with Crippen LogP contribution in [0.15, 0.2) is 16.9 Å². The summed E-state index contributed by atoms with van der Waals surface area (Å²) in [5, 5.41) is 8.66. The molecule has 0 aromatic carbocycles. The van der Waals surface area contributed by atoms with Crippen molar-refractivity contribution in [3.05, 3.63) is 28.2 Å². The second kappa shape index (κ2) is 6.91. The Balaban J connectivity index is 1.89. The van der Waals surface area contributed by atoms with Crippen LogP contribution in [0.5, 0.6) is 0 Å². The molecule has 9 heteroatoms. The van der Waals surface area contributed by atoms with E-state index in [4.69, 9.17) is 23.2 Å². The van der Waals surface area contributed by atoms with Gasteiger partial charge in [0.1, 0.15) is 5.69 Å². The van der Waals surface area contributed by atoms with Crippen molar-refractivity contribution in [1.29, 1.82) is 0 Å². The highest BCUT2D eigenvalue weighted by atomic mass is 35.5. The van der Waals surface area contributed by atoms with Crippen molar-refractivity contribution in [1.82, 2.24) is 20.4 Å². The van der Waals surface area contributed by atoms with Gasteiger partial charge in [0.2, 0.25) is 0 Å². The number of halogens is 2. The maximum absolute atomic E-state index is 12.2. The fourth-order valence-corrected chi connectivity index (χ4v) is 2.24. The molecular weight excluding hydrogens is 319 g/mol. The number of carbonyl (C=O) groups excluding carboxylic acids is 2. The summed E-state index contributed by atoms with van der Waals surface area (Å²) in [5.74, 6) is -0.672. The largest absolute Gasteiger partial charge is 0.351 e. The number of likely N-dealkylation sites (tertiary alicyclic amines) is 1. The molecule has 7 nitrogen and oxygen atoms in total. The van der Waals surface area contributed by atoms with Crippen LogP contribution >= 0.6 is 23.2 Å². The Morgan fingerprint density at radius 2 is 2.00 bits per heavy atom. The van der Waals surface area contributed by atoms with Crippen molar-refractivity contribution in [3.8, 4) is 0 Å². The van der Waals surface area contributed by atoms with Crippen LogP contribution in [0.4, 0.5) is 0 Å². The van der Waals surface area contributed by atoms with Crippen LogP contribution in [0, 0.1) is 0 Å². The number of aromatic nitrogens is 2. The Morgan fingerprint density at radius 1 is 1.33 bits per heavy atom. The average molecular weight is 333 g/mol. The summed E-state index contributed by atoms with van der Waals surface area (Å²) in [6.45, 7) is 0.972. The zero-order valence-electron chi connectivity index (χ0n) is 11.0. The smallest absolute Gasteiger partial charge is 0.274 e. The molecule has 2 N–H and O–H groups in total. The topological polar surface area (TPSA) is 95.2 Å². The van der Waals surface area contributed by atoms with E-state index < -0.39 is 10.7 Å². The third-order valence-corrected chi connectivity index (χ3v) is 3.62. The highest BCUT2D eigenvalue weighted by molar-refractivity contribution is 6.53. The lowest BCUT2D eigenvalue weighted by Gasteiger charge is -2.32. The maximum atomic E-state index is 12.2. The molecule has 2 amide bonds. The van der Waals surface area contributed by atoms with Gasteiger partial charge in [0, 0.05) is 25.2 Å². The monoisotopic (exact) mass is 332 g/mol. The molecule has 0 aliphatic carbocycles. The molecule has 0 unspecified atom stereocenters. The second-order valence-electron chi connectivity index (χ2n) is 4.68. The molecule has 0 spiro atoms. The minimum Gasteiger partial charge on any atom is -0.351 e. The first kappa shape index (κ1) is 15.8. The summed E-state index contributed by atoms with van der Waals surface area (Å²) in [7, 11) is 0. The van der Waals surface area contributed by atoms with E-state index in [1.807, 2.05) is 0 Å². The van der Waals surface area contributed by atoms with Crippen LogP contribution in [0.3, 0.4) is 0 Å². The van der Waals surface area contributed by atoms with E-state index in [0.717, 1.165) is 0 Å². The quantitative estimate of drug-likeness (QED) is 0.778. The van der Waals surface area contributed by atoms with Crippen molar-refractivity contribution in [3.63, 3.8) is 0 Å². The van der Waals surface area contributed by atoms with Crippen LogP contribution in [-0.4, -0.2) is 50.9 Å². The van der Waals surface area contributed by atoms with E-state index in [2.05, 4.69) is 15.5 Å². The van der Waals surface area contributed by atoms with Crippen LogP contribution in [-0.2, 0) is 4.79 Å². The average Bonchev–Trinajstić information content (AvgIpc) is 2.48. The lowest BCUT2D eigenvalue weighted by molar-refractivity contribution is -0.120. The highest BCUT2D eigenvalue weighted by Crippen LogP contribution is 2.13. The Labute approximate surface area is 130 Å². The Kier molecular flexibility index (Phi) is 5.19. The van der Waals surface area contributed by atoms with Crippen LogP contribution in [0.25, 0.3) is 0 Å². The first-order valence-corrected chi connectivity index (χ1v) is 7.28. The molecule has 0 saturated carbocycles. The van der Waals surface area contributed by atoms with E-state index in [1.165, 1.54) is 12.1 Å². The summed E-state index contributed by atoms with van der Waals surface area (Å²) in [5.41, 5.74) is -0.164. The van der Waals surface area contributed by atoms with Gasteiger partial charge in [-0.2, -0.15) is 5.10 Å². The van der Waals surface area contributed by atoms with Crippen LogP contribution in [0.1, 0.15) is 23.3 Å². The number of hydrogen-bond donors (Lipinski definition) is 2. The number of nitrogens with zero attached hydrogens (tertiary/aromatic N) is 2. The number of amides is 2. The molecule has 2 rings (SSSR count). The number of hydrogen-bond acceptors (Lipinski definition) is 4. The molecule has 114 valence electrons. The van der Waals surface area contributed by atoms with Crippen LogP contribution < -0.4 is 10.9 Å². The van der Waals surface area contributed by atoms with Gasteiger partial charge >= 0.3 is 0 Å². The van der Waals surface area contributed by atoms with Crippen molar-refractivity contribution in [2.24, 2.45) is 0 Å². The number of alkyl halides is 2. The van der Waals surface area contributed by atoms with E-state index in [9.17, 15) is 14.4 Å². The number of piperidine rings is 1. The van der Waals surface area contributed by atoms with Gasteiger partial charge in [-0.1, -0.05) is 23.2 Å². The number of aromatic amines is 1. The second-order valence-corrected chi connectivity index (χ2v) is 5.78. The number of H-pyrrole nitrogens is 1. The third-order valence-electron chi connectivity index (χ3n) is 3.22. The molecule has 0 bridgehead atoms. The molecular formula is C12H14Cl2N4O3. The van der Waals surface area contributed by atoms with E-state index in [1.54, 1.807) is 4.90 Å². The summed E-state index contributed by atoms with van der Waals surface area (Å²) >= 11 is 10.9. The van der Waals surface area contributed by atoms with Gasteiger partial charge in [0.15, 0.2) is 4.84 Å². The van der Waals surface area contributed by atoms with Gasteiger partial charge < -0.3 is 10.2 Å². The summed E-state index contributed by atoms with van der Waals surface area (Å²) in [4.78, 5) is 35.0. The minimum absolute atomic E-state index is 0.0508. The molecule has 21 heavy (non-hydrogen) atoms. The molecule has 2 heterocycles. The molecule has 1 aliphatic rings. The van der Waals surface area contributed by atoms with Crippen LogP contribution in [0.2, 0.25) is 0 Å². The standard InChI is InChI=1S/C12H14Cl2N4O3/c13-10(14)11(20)15-7-3-5-18(6-4-7)12(21)8-1-2-9(19)17-16-8/h1-2,7,10H,3-6H2,(H,15,20)(H,17,19). The van der Waals surface area contributed by atoms with Gasteiger partial charge in [0.05, 0.1) is 0 Å². The number of carbonyl (C=O) groups is 2. The lowest BCUT2D eigenvalue weighted by Crippen LogP contribution is -2.47. The lowest BCUT2D eigenvalue weighted by atomic mass is 10.0. The Hall–Kier alpha value is -1.60. The van der Waals surface area contributed by atoms with E-state index in [-0.39, 0.29) is 23.2 Å². The molecule has 0 atom stereocenters. The fourth-order valence-electron chi connectivity index (χ4n) is 2.12. The van der Waals surface area contributed by atoms with E-state index >= 15 is 0 Å². The van der Waals surface area contributed by atoms with Gasteiger partial charge in [-0.15, -0.1) is 0 Å². The summed E-state index contributed by atoms with van der Waals surface area (Å²) < 4.78 is 0. The van der Waals surface area contributed by atoms with Gasteiger partial charge in [-0.05, 0) is 18.9 Å². The molecule has 0 radical (unpaired) electrons. The predicted octanol–water partition coefficient (Wildman–Crippen LogP) is 0.294. The molecule has 1 saturated heterocycles. The Morgan fingerprint density at radius 3 is 2.52 bits per heavy atom. The maximum Gasteiger partial charge on any atom is 0.274 e. The SMILES string of the molecule is O=C(NC1CCN(C(=O)c2ccc(=O)[nH]n2)CC1)C(Cl)Cl. The molecule has 1 fully saturated rings. The van der Waals surface area contributed by atoms with Gasteiger partial charge in [0.25, 0.3) is 17.4 Å². The minimum atomic E-state index is -1.09. The molecule has 1 aliphatic heterocycles. The van der Waals surface area contributed by atoms with Gasteiger partial charge in [-0.3, -0.25) is 14.4 Å². The van der Waals surface area contributed by atoms with Crippen molar-refractivity contribution in [2.75, 3.05) is 13.1 Å².